The fourth-order valence-corrected chi connectivity index (χ4v) is 3.35. The van der Waals surface area contributed by atoms with Crippen molar-refractivity contribution in [1.82, 2.24) is 25.5 Å². The molecule has 0 spiro atoms. The Labute approximate surface area is 147 Å². The lowest BCUT2D eigenvalue weighted by atomic mass is 9.82. The van der Waals surface area contributed by atoms with Crippen molar-refractivity contribution < 1.29 is 4.63 Å². The van der Waals surface area contributed by atoms with Gasteiger partial charge in [-0.15, -0.1) is 0 Å². The van der Waals surface area contributed by atoms with Crippen molar-refractivity contribution in [2.75, 3.05) is 5.32 Å². The number of benzene rings is 1. The normalized spacial score (nSPS) is 16.2. The van der Waals surface area contributed by atoms with Gasteiger partial charge >= 0.3 is 0 Å². The average Bonchev–Trinajstić information content (AvgIpc) is 3.36. The van der Waals surface area contributed by atoms with Gasteiger partial charge in [0, 0.05) is 29.7 Å². The van der Waals surface area contributed by atoms with Crippen LogP contribution in [0.15, 0.2) is 59.1 Å². The molecule has 8 nitrogen and oxygen atoms in total. The molecule has 4 aromatic rings. The highest BCUT2D eigenvalue weighted by Crippen LogP contribution is 2.44. The number of nitrogens with one attached hydrogen (secondary N) is 2. The predicted molar refractivity (Wildman–Crippen MR) is 92.6 cm³/mol. The summed E-state index contributed by atoms with van der Waals surface area (Å²) in [7, 11) is 0. The summed E-state index contributed by atoms with van der Waals surface area (Å²) in [5, 5.41) is 28.3. The number of aromatic amines is 1. The van der Waals surface area contributed by atoms with Crippen LogP contribution in [0.2, 0.25) is 0 Å². The molecule has 5 rings (SSSR count). The van der Waals surface area contributed by atoms with Crippen LogP contribution in [0.3, 0.4) is 0 Å². The molecular formula is C18H11N7O. The molecule has 0 saturated carbocycles. The fourth-order valence-electron chi connectivity index (χ4n) is 3.35. The summed E-state index contributed by atoms with van der Waals surface area (Å²) in [5.41, 5.74) is 5.03. The van der Waals surface area contributed by atoms with E-state index >= 15 is 0 Å². The first-order valence-electron chi connectivity index (χ1n) is 7.93. The number of nitrogens with zero attached hydrogens (tertiary/aromatic N) is 5. The van der Waals surface area contributed by atoms with Gasteiger partial charge in [0.05, 0.1) is 23.3 Å². The number of fused-ring (bicyclic) bond motifs is 2. The summed E-state index contributed by atoms with van der Waals surface area (Å²) in [4.78, 5) is 4.16. The second kappa shape index (κ2) is 5.53. The van der Waals surface area contributed by atoms with E-state index in [0.29, 0.717) is 28.1 Å². The molecule has 2 N–H and O–H groups in total. The first-order chi connectivity index (χ1) is 12.9. The number of aromatic nitrogens is 5. The van der Waals surface area contributed by atoms with Gasteiger partial charge in [0.15, 0.2) is 5.82 Å². The molecule has 0 radical (unpaired) electrons. The van der Waals surface area contributed by atoms with E-state index in [9.17, 15) is 5.26 Å². The SMILES string of the molecule is N#CC1=C(c2cccnc2)Nc2n[nH]cc2C1c1cccc2nonc12. The van der Waals surface area contributed by atoms with Crippen molar-refractivity contribution in [2.45, 2.75) is 5.92 Å². The molecule has 0 amide bonds. The van der Waals surface area contributed by atoms with Gasteiger partial charge in [0.25, 0.3) is 0 Å². The lowest BCUT2D eigenvalue weighted by molar-refractivity contribution is 0.315. The van der Waals surface area contributed by atoms with Crippen LogP contribution in [-0.2, 0) is 0 Å². The minimum atomic E-state index is -0.346. The molecule has 3 aromatic heterocycles. The Morgan fingerprint density at radius 1 is 1.12 bits per heavy atom. The molecular weight excluding hydrogens is 330 g/mol. The van der Waals surface area contributed by atoms with Gasteiger partial charge in [-0.05, 0) is 34.1 Å². The molecule has 124 valence electrons. The monoisotopic (exact) mass is 341 g/mol. The summed E-state index contributed by atoms with van der Waals surface area (Å²) >= 11 is 0. The molecule has 26 heavy (non-hydrogen) atoms. The summed E-state index contributed by atoms with van der Waals surface area (Å²) in [5.74, 6) is 0.321. The van der Waals surface area contributed by atoms with Crippen LogP contribution >= 0.6 is 0 Å². The van der Waals surface area contributed by atoms with Gasteiger partial charge in [-0.3, -0.25) is 10.1 Å². The van der Waals surface area contributed by atoms with Crippen molar-refractivity contribution in [1.29, 1.82) is 5.26 Å². The maximum atomic E-state index is 9.98. The Morgan fingerprint density at radius 2 is 2.08 bits per heavy atom. The van der Waals surface area contributed by atoms with Crippen LogP contribution in [-0.4, -0.2) is 25.5 Å². The number of rotatable bonds is 2. The molecule has 0 saturated heterocycles. The molecule has 0 fully saturated rings. The molecule has 1 aliphatic heterocycles. The maximum absolute atomic E-state index is 9.98. The second-order valence-electron chi connectivity index (χ2n) is 5.87. The number of hydrogen-bond acceptors (Lipinski definition) is 7. The third-order valence-electron chi connectivity index (χ3n) is 4.48. The van der Waals surface area contributed by atoms with E-state index in [-0.39, 0.29) is 5.92 Å². The van der Waals surface area contributed by atoms with Crippen LogP contribution in [0, 0.1) is 11.3 Å². The van der Waals surface area contributed by atoms with E-state index in [0.717, 1.165) is 16.7 Å². The summed E-state index contributed by atoms with van der Waals surface area (Å²) in [6.07, 6.45) is 5.20. The van der Waals surface area contributed by atoms with Crippen molar-refractivity contribution in [2.24, 2.45) is 0 Å². The number of hydrogen-bond donors (Lipinski definition) is 2. The minimum absolute atomic E-state index is 0.346. The summed E-state index contributed by atoms with van der Waals surface area (Å²) in [6.45, 7) is 0. The standard InChI is InChI=1S/C18H11N7O/c19-7-12-15(11-4-1-5-14-17(11)25-26-24-14)13-9-21-23-18(13)22-16(12)10-3-2-6-20-8-10/h1-6,8-9,15H,(H2,21,22,23). The van der Waals surface area contributed by atoms with Gasteiger partial charge < -0.3 is 5.32 Å². The first kappa shape index (κ1) is 14.4. The number of H-pyrrole nitrogens is 1. The Morgan fingerprint density at radius 3 is 2.92 bits per heavy atom. The average molecular weight is 341 g/mol. The molecule has 4 heterocycles. The van der Waals surface area contributed by atoms with E-state index in [1.165, 1.54) is 0 Å². The van der Waals surface area contributed by atoms with Crippen molar-refractivity contribution in [3.63, 3.8) is 0 Å². The molecule has 1 unspecified atom stereocenters. The van der Waals surface area contributed by atoms with Gasteiger partial charge in [0.2, 0.25) is 0 Å². The topological polar surface area (TPSA) is 116 Å². The van der Waals surface area contributed by atoms with Crippen LogP contribution in [0.25, 0.3) is 16.7 Å². The first-order valence-corrected chi connectivity index (χ1v) is 7.93. The zero-order valence-electron chi connectivity index (χ0n) is 13.3. The largest absolute Gasteiger partial charge is 0.337 e. The number of allylic oxidation sites excluding steroid dienone is 1. The lowest BCUT2D eigenvalue weighted by Gasteiger charge is -2.26. The molecule has 1 atom stereocenters. The van der Waals surface area contributed by atoms with Crippen LogP contribution in [0.1, 0.15) is 22.6 Å². The number of anilines is 1. The van der Waals surface area contributed by atoms with E-state index in [4.69, 9.17) is 4.63 Å². The van der Waals surface area contributed by atoms with E-state index in [1.54, 1.807) is 18.6 Å². The van der Waals surface area contributed by atoms with E-state index in [1.807, 2.05) is 30.3 Å². The molecule has 8 heteroatoms. The zero-order chi connectivity index (χ0) is 17.5. The zero-order valence-corrected chi connectivity index (χ0v) is 13.3. The van der Waals surface area contributed by atoms with E-state index in [2.05, 4.69) is 36.9 Å². The Kier molecular flexibility index (Phi) is 3.05. The number of nitriles is 1. The second-order valence-corrected chi connectivity index (χ2v) is 5.87. The quantitative estimate of drug-likeness (QED) is 0.576. The maximum Gasteiger partial charge on any atom is 0.156 e. The third-order valence-corrected chi connectivity index (χ3v) is 4.48. The van der Waals surface area contributed by atoms with Crippen LogP contribution < -0.4 is 5.32 Å². The van der Waals surface area contributed by atoms with E-state index < -0.39 is 0 Å². The van der Waals surface area contributed by atoms with Crippen molar-refractivity contribution in [3.8, 4) is 6.07 Å². The van der Waals surface area contributed by atoms with Crippen molar-refractivity contribution >= 4 is 22.5 Å². The smallest absolute Gasteiger partial charge is 0.156 e. The molecule has 1 aliphatic rings. The lowest BCUT2D eigenvalue weighted by Crippen LogP contribution is -2.17. The van der Waals surface area contributed by atoms with Gasteiger partial charge in [-0.25, -0.2) is 4.63 Å². The highest BCUT2D eigenvalue weighted by atomic mass is 16.6. The fraction of sp³-hybridized carbons (Fsp3) is 0.0556. The van der Waals surface area contributed by atoms with Gasteiger partial charge in [0.1, 0.15) is 11.0 Å². The summed E-state index contributed by atoms with van der Waals surface area (Å²) in [6, 6.07) is 11.7. The molecule has 1 aromatic carbocycles. The third kappa shape index (κ3) is 2.01. The minimum Gasteiger partial charge on any atom is -0.337 e. The van der Waals surface area contributed by atoms with Crippen LogP contribution in [0.4, 0.5) is 5.82 Å². The summed E-state index contributed by atoms with van der Waals surface area (Å²) < 4.78 is 4.90. The Hall–Kier alpha value is -3.99. The Bertz CT molecular complexity index is 1180. The Balaban J connectivity index is 1.81. The predicted octanol–water partition coefficient (Wildman–Crippen LogP) is 2.83. The van der Waals surface area contributed by atoms with Gasteiger partial charge in [-0.1, -0.05) is 12.1 Å². The molecule has 0 bridgehead atoms. The van der Waals surface area contributed by atoms with Crippen molar-refractivity contribution in [3.05, 3.63) is 71.2 Å². The number of pyridine rings is 1. The highest BCUT2D eigenvalue weighted by Gasteiger charge is 2.33. The van der Waals surface area contributed by atoms with Crippen LogP contribution in [0.5, 0.6) is 0 Å². The molecule has 0 aliphatic carbocycles. The van der Waals surface area contributed by atoms with Gasteiger partial charge in [-0.2, -0.15) is 10.4 Å². The highest BCUT2D eigenvalue weighted by molar-refractivity contribution is 5.89.